The highest BCUT2D eigenvalue weighted by atomic mass is 16.6. The number of aromatic amines is 1. The number of likely N-dealkylation sites (N-methyl/N-ethyl adjacent to an activating group) is 1. The number of pyridine rings is 1. The van der Waals surface area contributed by atoms with Crippen LogP contribution in [0.15, 0.2) is 67.1 Å². The lowest BCUT2D eigenvalue weighted by atomic mass is 9.71. The number of nitrogens with zero attached hydrogens (tertiary/aromatic N) is 8. The van der Waals surface area contributed by atoms with Crippen molar-refractivity contribution in [1.29, 1.82) is 0 Å². The average molecular weight is 774 g/mol. The Balaban J connectivity index is 0.880. The van der Waals surface area contributed by atoms with Crippen molar-refractivity contribution < 1.29 is 24.0 Å². The molecule has 0 saturated carbocycles. The fourth-order valence-corrected chi connectivity index (χ4v) is 8.00. The standard InChI is InChI=1S/C40H43N11O6/c1-5-50-33(52)20-49(37-38(50)47-32(19-41-37)27-11-13-31(45-23(27)2)36-43-22-44-48-36)15-17-56-26-9-6-24(7-10-26)39(53)42-21-40(3,4)35-28-14-16-57-34(28)29-18-25(51(54)55)8-12-30(29)46-35/h6-13,18-19,22,28,34-35,46H,5,14-17,20-21H2,1-4H3,(H,42,53)(H,43,44,48)/t28-,34+,35?/m1/s1. The molecule has 3 atom stereocenters. The first-order valence-electron chi connectivity index (χ1n) is 18.9. The van der Waals surface area contributed by atoms with Crippen LogP contribution in [0.1, 0.15) is 54.9 Å². The quantitative estimate of drug-likeness (QED) is 0.111. The van der Waals surface area contributed by atoms with E-state index >= 15 is 0 Å². The highest BCUT2D eigenvalue weighted by Gasteiger charge is 2.47. The fraction of sp³-hybridized carbons (Fsp3) is 0.375. The number of rotatable bonds is 12. The zero-order chi connectivity index (χ0) is 39.8. The molecule has 0 aliphatic carbocycles. The molecule has 5 aromatic rings. The number of nitrogens with one attached hydrogen (secondary N) is 3. The minimum Gasteiger partial charge on any atom is -0.492 e. The number of hydrogen-bond acceptors (Lipinski definition) is 13. The number of aromatic nitrogens is 6. The summed E-state index contributed by atoms with van der Waals surface area (Å²) in [4.78, 5) is 59.6. The number of nitro benzene ring substituents is 1. The summed E-state index contributed by atoms with van der Waals surface area (Å²) in [5.41, 5.74) is 4.58. The number of non-ortho nitro benzene ring substituents is 1. The molecule has 2 aromatic carbocycles. The van der Waals surface area contributed by atoms with Gasteiger partial charge in [0, 0.05) is 77.3 Å². The molecule has 2 amide bonds. The summed E-state index contributed by atoms with van der Waals surface area (Å²) in [6, 6.07) is 15.5. The highest BCUT2D eigenvalue weighted by molar-refractivity contribution is 6.01. The zero-order valence-electron chi connectivity index (χ0n) is 32.1. The minimum absolute atomic E-state index is 0.0273. The molecule has 3 aliphatic heterocycles. The van der Waals surface area contributed by atoms with E-state index in [0.29, 0.717) is 66.4 Å². The molecule has 17 heteroatoms. The van der Waals surface area contributed by atoms with Crippen molar-refractivity contribution in [2.24, 2.45) is 11.3 Å². The third-order valence-electron chi connectivity index (χ3n) is 11.0. The lowest BCUT2D eigenvalue weighted by Gasteiger charge is -2.44. The topological polar surface area (TPSA) is 207 Å². The molecule has 1 fully saturated rings. The van der Waals surface area contributed by atoms with Crippen LogP contribution in [-0.2, 0) is 9.53 Å². The molecule has 6 heterocycles. The third kappa shape index (κ3) is 7.33. The number of anilines is 3. The van der Waals surface area contributed by atoms with Crippen LogP contribution in [-0.4, -0.2) is 92.3 Å². The first kappa shape index (κ1) is 37.4. The third-order valence-corrected chi connectivity index (χ3v) is 11.0. The molecule has 17 nitrogen and oxygen atoms in total. The normalized spacial score (nSPS) is 18.7. The number of carbonyl (C=O) groups excluding carboxylic acids is 2. The number of ether oxygens (including phenoxy) is 2. The Kier molecular flexibility index (Phi) is 9.99. The molecule has 294 valence electrons. The monoisotopic (exact) mass is 773 g/mol. The van der Waals surface area contributed by atoms with Crippen LogP contribution in [0.2, 0.25) is 0 Å². The number of nitro groups is 1. The van der Waals surface area contributed by atoms with Gasteiger partial charge in [0.2, 0.25) is 5.91 Å². The summed E-state index contributed by atoms with van der Waals surface area (Å²) < 4.78 is 12.1. The number of carbonyl (C=O) groups is 2. The van der Waals surface area contributed by atoms with E-state index in [4.69, 9.17) is 19.4 Å². The van der Waals surface area contributed by atoms with Crippen molar-refractivity contribution in [1.82, 2.24) is 35.5 Å². The highest BCUT2D eigenvalue weighted by Crippen LogP contribution is 2.49. The van der Waals surface area contributed by atoms with Gasteiger partial charge in [-0.25, -0.2) is 19.9 Å². The van der Waals surface area contributed by atoms with Crippen LogP contribution < -0.4 is 25.2 Å². The van der Waals surface area contributed by atoms with Gasteiger partial charge in [-0.1, -0.05) is 13.8 Å². The first-order valence-corrected chi connectivity index (χ1v) is 18.9. The molecule has 3 N–H and O–H groups in total. The Labute approximate surface area is 328 Å². The summed E-state index contributed by atoms with van der Waals surface area (Å²) >= 11 is 0. The maximum atomic E-state index is 13.3. The SMILES string of the molecule is CCN1C(=O)CN(CCOc2ccc(C(=O)NCC(C)(C)C3Nc4ccc([N+](=O)[O-])cc4[C@H]4OCC[C@@H]34)cc2)c2ncc(-c3ccc(-c4ncn[nH]4)nc3C)nc21. The molecule has 0 bridgehead atoms. The zero-order valence-corrected chi connectivity index (χ0v) is 32.1. The number of H-pyrrole nitrogens is 1. The molecule has 1 saturated heterocycles. The second-order valence-electron chi connectivity index (χ2n) is 15.1. The Morgan fingerprint density at radius 3 is 2.65 bits per heavy atom. The van der Waals surface area contributed by atoms with E-state index in [9.17, 15) is 19.7 Å². The van der Waals surface area contributed by atoms with Gasteiger partial charge in [0.15, 0.2) is 17.5 Å². The van der Waals surface area contributed by atoms with Crippen molar-refractivity contribution in [2.45, 2.75) is 46.3 Å². The van der Waals surface area contributed by atoms with Crippen molar-refractivity contribution in [2.75, 3.05) is 54.5 Å². The molecule has 0 radical (unpaired) electrons. The average Bonchev–Trinajstić information content (AvgIpc) is 3.94. The largest absolute Gasteiger partial charge is 0.492 e. The van der Waals surface area contributed by atoms with Crippen LogP contribution in [0.25, 0.3) is 22.8 Å². The van der Waals surface area contributed by atoms with Gasteiger partial charge in [0.1, 0.15) is 24.4 Å². The number of fused-ring (bicyclic) bond motifs is 4. The molecular weight excluding hydrogens is 731 g/mol. The predicted molar refractivity (Wildman–Crippen MR) is 211 cm³/mol. The van der Waals surface area contributed by atoms with Gasteiger partial charge in [0.25, 0.3) is 11.6 Å². The van der Waals surface area contributed by atoms with Gasteiger partial charge in [-0.2, -0.15) is 5.10 Å². The number of aryl methyl sites for hydroxylation is 1. The number of amides is 2. The number of benzene rings is 2. The van der Waals surface area contributed by atoms with Gasteiger partial charge >= 0.3 is 0 Å². The van der Waals surface area contributed by atoms with Crippen molar-refractivity contribution in [3.8, 4) is 28.5 Å². The second kappa shape index (κ2) is 15.2. The van der Waals surface area contributed by atoms with Crippen molar-refractivity contribution in [3.05, 3.63) is 94.1 Å². The number of hydrogen-bond donors (Lipinski definition) is 3. The van der Waals surface area contributed by atoms with Gasteiger partial charge in [-0.15, -0.1) is 0 Å². The Morgan fingerprint density at radius 1 is 1.09 bits per heavy atom. The lowest BCUT2D eigenvalue weighted by Crippen LogP contribution is -2.51. The Bertz CT molecular complexity index is 2320. The summed E-state index contributed by atoms with van der Waals surface area (Å²) in [6.45, 7) is 10.2. The van der Waals surface area contributed by atoms with Crippen molar-refractivity contribution in [3.63, 3.8) is 0 Å². The van der Waals surface area contributed by atoms with E-state index in [1.165, 1.54) is 12.4 Å². The summed E-state index contributed by atoms with van der Waals surface area (Å²) in [5, 5.41) is 24.8. The van der Waals surface area contributed by atoms with Crippen molar-refractivity contribution >= 4 is 34.8 Å². The molecule has 8 rings (SSSR count). The van der Waals surface area contributed by atoms with E-state index in [1.807, 2.05) is 30.9 Å². The van der Waals surface area contributed by atoms with Crippen LogP contribution in [0, 0.1) is 28.4 Å². The van der Waals surface area contributed by atoms with Crippen LogP contribution >= 0.6 is 0 Å². The van der Waals surface area contributed by atoms with E-state index in [1.54, 1.807) is 47.5 Å². The molecule has 57 heavy (non-hydrogen) atoms. The van der Waals surface area contributed by atoms with Gasteiger partial charge in [-0.3, -0.25) is 29.7 Å². The van der Waals surface area contributed by atoms with E-state index in [2.05, 4.69) is 44.6 Å². The lowest BCUT2D eigenvalue weighted by molar-refractivity contribution is -0.385. The predicted octanol–water partition coefficient (Wildman–Crippen LogP) is 5.12. The second-order valence-corrected chi connectivity index (χ2v) is 15.1. The van der Waals surface area contributed by atoms with Gasteiger partial charge in [-0.05, 0) is 62.7 Å². The molecule has 1 unspecified atom stereocenters. The van der Waals surface area contributed by atoms with Gasteiger partial charge < -0.3 is 25.0 Å². The smallest absolute Gasteiger partial charge is 0.269 e. The van der Waals surface area contributed by atoms with Crippen LogP contribution in [0.5, 0.6) is 5.75 Å². The first-order chi connectivity index (χ1) is 27.5. The molecule has 3 aromatic heterocycles. The molecule has 0 spiro atoms. The Morgan fingerprint density at radius 2 is 1.91 bits per heavy atom. The van der Waals surface area contributed by atoms with E-state index < -0.39 is 0 Å². The minimum atomic E-state index is -0.389. The molecular formula is C40H43N11O6. The van der Waals surface area contributed by atoms with E-state index in [-0.39, 0.29) is 59.1 Å². The summed E-state index contributed by atoms with van der Waals surface area (Å²) in [5.74, 6) is 2.03. The van der Waals surface area contributed by atoms with Crippen LogP contribution in [0.3, 0.4) is 0 Å². The Hall–Kier alpha value is -6.49. The summed E-state index contributed by atoms with van der Waals surface area (Å²) in [7, 11) is 0. The van der Waals surface area contributed by atoms with Gasteiger partial charge in [0.05, 0.1) is 36.0 Å². The maximum absolute atomic E-state index is 13.3. The summed E-state index contributed by atoms with van der Waals surface area (Å²) in [6.07, 6.45) is 3.70. The molecule has 3 aliphatic rings. The maximum Gasteiger partial charge on any atom is 0.269 e. The van der Waals surface area contributed by atoms with Crippen LogP contribution in [0.4, 0.5) is 23.0 Å². The fourth-order valence-electron chi connectivity index (χ4n) is 8.00. The van der Waals surface area contributed by atoms with E-state index in [0.717, 1.165) is 28.9 Å².